The highest BCUT2D eigenvalue weighted by Crippen LogP contribution is 2.30. The van der Waals surface area contributed by atoms with Crippen molar-refractivity contribution in [2.45, 2.75) is 18.6 Å². The van der Waals surface area contributed by atoms with Crippen LogP contribution in [0.2, 0.25) is 0 Å². The lowest BCUT2D eigenvalue weighted by atomic mass is 10.0. The summed E-state index contributed by atoms with van der Waals surface area (Å²) in [5, 5.41) is 12.8. The molecule has 1 aromatic heterocycles. The normalized spacial score (nSPS) is 23.4. The third-order valence-electron chi connectivity index (χ3n) is 4.05. The Balaban J connectivity index is 1.78. The fraction of sp³-hybridized carbons (Fsp3) is 0.400. The van der Waals surface area contributed by atoms with Gasteiger partial charge in [-0.05, 0) is 22.4 Å². The number of hydrogen-bond donors (Lipinski definition) is 1. The molecule has 1 atom stereocenters. The Labute approximate surface area is 121 Å². The Morgan fingerprint density at radius 1 is 1.50 bits per heavy atom. The van der Waals surface area contributed by atoms with Gasteiger partial charge in [-0.1, -0.05) is 18.2 Å². The average molecular weight is 291 g/mol. The maximum Gasteiger partial charge on any atom is 0.337 e. The van der Waals surface area contributed by atoms with Gasteiger partial charge in [0.15, 0.2) is 5.60 Å². The minimum Gasteiger partial charge on any atom is -0.479 e. The second kappa shape index (κ2) is 5.16. The summed E-state index contributed by atoms with van der Waals surface area (Å²) in [6.07, 6.45) is 0.543. The molecule has 1 aromatic carbocycles. The van der Waals surface area contributed by atoms with E-state index < -0.39 is 11.6 Å². The zero-order valence-electron chi connectivity index (χ0n) is 11.3. The maximum atomic E-state index is 11.4. The smallest absolute Gasteiger partial charge is 0.337 e. The van der Waals surface area contributed by atoms with Crippen LogP contribution in [0.4, 0.5) is 0 Å². The molecule has 5 heteroatoms. The largest absolute Gasteiger partial charge is 0.479 e. The fourth-order valence-electron chi connectivity index (χ4n) is 2.82. The molecule has 2 aromatic rings. The highest BCUT2D eigenvalue weighted by molar-refractivity contribution is 7.17. The number of ether oxygens (including phenoxy) is 1. The Kier molecular flexibility index (Phi) is 3.50. The first-order chi connectivity index (χ1) is 9.64. The molecular formula is C15H17NO3S. The van der Waals surface area contributed by atoms with Crippen LogP contribution in [0.25, 0.3) is 10.1 Å². The average Bonchev–Trinajstić information content (AvgIpc) is 3.05. The molecule has 1 N–H and O–H groups in total. The molecule has 0 aliphatic carbocycles. The Morgan fingerprint density at radius 3 is 3.00 bits per heavy atom. The van der Waals surface area contributed by atoms with Gasteiger partial charge in [-0.3, -0.25) is 4.90 Å². The number of nitrogens with zero attached hydrogens (tertiary/aromatic N) is 1. The molecule has 20 heavy (non-hydrogen) atoms. The van der Waals surface area contributed by atoms with E-state index in [0.717, 1.165) is 13.1 Å². The van der Waals surface area contributed by atoms with E-state index in [4.69, 9.17) is 4.74 Å². The van der Waals surface area contributed by atoms with E-state index in [1.165, 1.54) is 22.8 Å². The third-order valence-corrected chi connectivity index (χ3v) is 5.06. The second-order valence-electron chi connectivity index (χ2n) is 5.22. The predicted octanol–water partition coefficient (Wildman–Crippen LogP) is 2.58. The zero-order chi connectivity index (χ0) is 14.2. The van der Waals surface area contributed by atoms with Gasteiger partial charge in [0.25, 0.3) is 0 Å². The van der Waals surface area contributed by atoms with Gasteiger partial charge in [0.2, 0.25) is 0 Å². The quantitative estimate of drug-likeness (QED) is 0.940. The van der Waals surface area contributed by atoms with Gasteiger partial charge in [0.1, 0.15) is 0 Å². The standard InChI is InChI=1S/C15H17NO3S/c1-19-15(14(17)18)6-7-16(10-15)8-11-9-20-13-5-3-2-4-12(11)13/h2-5,9H,6-8,10H2,1H3,(H,17,18). The molecule has 1 saturated heterocycles. The fourth-order valence-corrected chi connectivity index (χ4v) is 3.77. The summed E-state index contributed by atoms with van der Waals surface area (Å²) in [5.74, 6) is -0.863. The van der Waals surface area contributed by atoms with Crippen molar-refractivity contribution in [2.24, 2.45) is 0 Å². The summed E-state index contributed by atoms with van der Waals surface area (Å²) in [5.41, 5.74) is 0.231. The Hall–Kier alpha value is -1.43. The van der Waals surface area contributed by atoms with Gasteiger partial charge in [-0.25, -0.2) is 4.79 Å². The number of likely N-dealkylation sites (tertiary alicyclic amines) is 1. The number of hydrogen-bond acceptors (Lipinski definition) is 4. The van der Waals surface area contributed by atoms with Crippen molar-refractivity contribution < 1.29 is 14.6 Å². The first-order valence-corrected chi connectivity index (χ1v) is 7.48. The van der Waals surface area contributed by atoms with E-state index in [9.17, 15) is 9.90 Å². The second-order valence-corrected chi connectivity index (χ2v) is 6.13. The highest BCUT2D eigenvalue weighted by atomic mass is 32.1. The highest BCUT2D eigenvalue weighted by Gasteiger charge is 2.45. The lowest BCUT2D eigenvalue weighted by molar-refractivity contribution is -0.160. The summed E-state index contributed by atoms with van der Waals surface area (Å²) in [6, 6.07) is 8.32. The van der Waals surface area contributed by atoms with Crippen LogP contribution >= 0.6 is 11.3 Å². The summed E-state index contributed by atoms with van der Waals surface area (Å²) in [4.78, 5) is 13.5. The summed E-state index contributed by atoms with van der Waals surface area (Å²) < 4.78 is 6.53. The number of rotatable bonds is 4. The van der Waals surface area contributed by atoms with Crippen LogP contribution in [0, 0.1) is 0 Å². The molecule has 1 fully saturated rings. The van der Waals surface area contributed by atoms with Crippen LogP contribution < -0.4 is 0 Å². The minimum atomic E-state index is -1.04. The minimum absolute atomic E-state index is 0.447. The topological polar surface area (TPSA) is 49.8 Å². The van der Waals surface area contributed by atoms with E-state index >= 15 is 0 Å². The predicted molar refractivity (Wildman–Crippen MR) is 79.1 cm³/mol. The number of thiophene rings is 1. The molecule has 0 bridgehead atoms. The lowest BCUT2D eigenvalue weighted by Gasteiger charge is -2.23. The lowest BCUT2D eigenvalue weighted by Crippen LogP contribution is -2.43. The molecule has 1 unspecified atom stereocenters. The van der Waals surface area contributed by atoms with E-state index in [-0.39, 0.29) is 0 Å². The zero-order valence-corrected chi connectivity index (χ0v) is 12.2. The van der Waals surface area contributed by atoms with Crippen molar-refractivity contribution in [1.29, 1.82) is 0 Å². The molecule has 1 aliphatic heterocycles. The molecular weight excluding hydrogens is 274 g/mol. The Morgan fingerprint density at radius 2 is 2.30 bits per heavy atom. The van der Waals surface area contributed by atoms with Crippen LogP contribution in [-0.2, 0) is 16.1 Å². The molecule has 4 nitrogen and oxygen atoms in total. The SMILES string of the molecule is COC1(C(=O)O)CCN(Cc2csc3ccccc23)C1. The number of carboxylic acids is 1. The van der Waals surface area contributed by atoms with E-state index in [1.807, 2.05) is 12.1 Å². The molecule has 0 saturated carbocycles. The van der Waals surface area contributed by atoms with Crippen molar-refractivity contribution in [1.82, 2.24) is 4.90 Å². The molecule has 0 amide bonds. The number of carbonyl (C=O) groups is 1. The van der Waals surface area contributed by atoms with Crippen LogP contribution in [0.3, 0.4) is 0 Å². The van der Waals surface area contributed by atoms with Gasteiger partial charge in [-0.15, -0.1) is 11.3 Å². The van der Waals surface area contributed by atoms with E-state index in [1.54, 1.807) is 11.3 Å². The first kappa shape index (κ1) is 13.5. The van der Waals surface area contributed by atoms with Gasteiger partial charge in [0.05, 0.1) is 0 Å². The van der Waals surface area contributed by atoms with E-state index in [2.05, 4.69) is 22.4 Å². The molecule has 106 valence electrons. The number of methoxy groups -OCH3 is 1. The molecule has 2 heterocycles. The van der Waals surface area contributed by atoms with Crippen LogP contribution in [0.1, 0.15) is 12.0 Å². The Bertz CT molecular complexity index is 639. The van der Waals surface area contributed by atoms with E-state index in [0.29, 0.717) is 13.0 Å². The van der Waals surface area contributed by atoms with Gasteiger partial charge in [0, 0.05) is 37.9 Å². The number of aliphatic carboxylic acids is 1. The van der Waals surface area contributed by atoms with Crippen LogP contribution in [0.15, 0.2) is 29.6 Å². The summed E-state index contributed by atoms with van der Waals surface area (Å²) >= 11 is 1.74. The van der Waals surface area contributed by atoms with Crippen molar-refractivity contribution >= 4 is 27.4 Å². The number of carboxylic acid groups (broad SMARTS) is 1. The van der Waals surface area contributed by atoms with Gasteiger partial charge >= 0.3 is 5.97 Å². The number of fused-ring (bicyclic) bond motifs is 1. The molecule has 0 spiro atoms. The molecule has 0 radical (unpaired) electrons. The van der Waals surface area contributed by atoms with Crippen LogP contribution in [-0.4, -0.2) is 41.8 Å². The van der Waals surface area contributed by atoms with Gasteiger partial charge in [-0.2, -0.15) is 0 Å². The maximum absolute atomic E-state index is 11.4. The van der Waals surface area contributed by atoms with Crippen molar-refractivity contribution in [3.8, 4) is 0 Å². The molecule has 3 rings (SSSR count). The van der Waals surface area contributed by atoms with Crippen LogP contribution in [0.5, 0.6) is 0 Å². The van der Waals surface area contributed by atoms with Crippen molar-refractivity contribution in [2.75, 3.05) is 20.2 Å². The summed E-state index contributed by atoms with van der Waals surface area (Å²) in [7, 11) is 1.48. The third kappa shape index (κ3) is 2.22. The van der Waals surface area contributed by atoms with Crippen molar-refractivity contribution in [3.63, 3.8) is 0 Å². The monoisotopic (exact) mass is 291 g/mol. The number of benzene rings is 1. The van der Waals surface area contributed by atoms with Gasteiger partial charge < -0.3 is 9.84 Å². The summed E-state index contributed by atoms with van der Waals surface area (Å²) in [6.45, 7) is 1.98. The van der Waals surface area contributed by atoms with Crippen molar-refractivity contribution in [3.05, 3.63) is 35.2 Å². The molecule has 1 aliphatic rings. The first-order valence-electron chi connectivity index (χ1n) is 6.61.